The molecule has 0 bridgehead atoms. The number of aliphatic hydroxyl groups excluding tert-OH is 1. The summed E-state index contributed by atoms with van der Waals surface area (Å²) in [7, 11) is 0. The van der Waals surface area contributed by atoms with Crippen molar-refractivity contribution in [3.8, 4) is 0 Å². The Morgan fingerprint density at radius 2 is 1.90 bits per heavy atom. The third kappa shape index (κ3) is 4.57. The first-order chi connectivity index (χ1) is 9.87. The molecule has 0 radical (unpaired) electrons. The maximum absolute atomic E-state index is 12.2. The lowest BCUT2D eigenvalue weighted by Crippen LogP contribution is -2.38. The van der Waals surface area contributed by atoms with Crippen LogP contribution < -0.4 is 0 Å². The highest BCUT2D eigenvalue weighted by atomic mass is 16.5. The van der Waals surface area contributed by atoms with Gasteiger partial charge in [-0.3, -0.25) is 4.79 Å². The lowest BCUT2D eigenvalue weighted by molar-refractivity contribution is -0.157. The molecule has 0 aromatic rings. The predicted molar refractivity (Wildman–Crippen MR) is 85.8 cm³/mol. The molecule has 0 saturated heterocycles. The summed E-state index contributed by atoms with van der Waals surface area (Å²) in [6.45, 7) is 10.7. The molecule has 0 unspecified atom stereocenters. The molecule has 0 saturated carbocycles. The third-order valence-electron chi connectivity index (χ3n) is 5.11. The molecule has 0 amide bonds. The first kappa shape index (κ1) is 18.2. The molecule has 0 heterocycles. The highest BCUT2D eigenvalue weighted by molar-refractivity contribution is 5.75. The molecule has 0 aromatic heterocycles. The number of esters is 1. The summed E-state index contributed by atoms with van der Waals surface area (Å²) in [6, 6.07) is 0. The van der Waals surface area contributed by atoms with Crippen molar-refractivity contribution in [1.82, 2.24) is 0 Å². The Labute approximate surface area is 129 Å². The van der Waals surface area contributed by atoms with Gasteiger partial charge in [0.25, 0.3) is 0 Å². The van der Waals surface area contributed by atoms with Crippen LogP contribution in [0.3, 0.4) is 0 Å². The Morgan fingerprint density at radius 3 is 2.43 bits per heavy atom. The summed E-state index contributed by atoms with van der Waals surface area (Å²) in [5.74, 6) is 1.03. The zero-order valence-corrected chi connectivity index (χ0v) is 14.3. The Kier molecular flexibility index (Phi) is 6.92. The van der Waals surface area contributed by atoms with Crippen LogP contribution in [0.25, 0.3) is 0 Å². The van der Waals surface area contributed by atoms with Crippen LogP contribution in [0.1, 0.15) is 53.9 Å². The van der Waals surface area contributed by atoms with Crippen LogP contribution in [0.4, 0.5) is 0 Å². The fraction of sp³-hybridized carbons (Fsp3) is 0.833. The maximum Gasteiger partial charge on any atom is 0.311 e. The van der Waals surface area contributed by atoms with Crippen LogP contribution >= 0.6 is 0 Å². The van der Waals surface area contributed by atoms with Crippen molar-refractivity contribution in [3.63, 3.8) is 0 Å². The molecule has 21 heavy (non-hydrogen) atoms. The van der Waals surface area contributed by atoms with Gasteiger partial charge in [0.05, 0.1) is 12.0 Å². The molecular formula is C18H32O3. The largest absolute Gasteiger partial charge is 0.465 e. The molecule has 3 nitrogen and oxygen atoms in total. The van der Waals surface area contributed by atoms with Gasteiger partial charge < -0.3 is 9.84 Å². The van der Waals surface area contributed by atoms with Crippen LogP contribution in [0.2, 0.25) is 0 Å². The van der Waals surface area contributed by atoms with E-state index in [4.69, 9.17) is 4.74 Å². The molecule has 0 spiro atoms. The minimum absolute atomic E-state index is 0.126. The van der Waals surface area contributed by atoms with E-state index >= 15 is 0 Å². The van der Waals surface area contributed by atoms with Gasteiger partial charge in [-0.05, 0) is 44.4 Å². The minimum Gasteiger partial charge on any atom is -0.465 e. The molecule has 1 N–H and O–H groups in total. The summed E-state index contributed by atoms with van der Waals surface area (Å²) in [4.78, 5) is 12.2. The zero-order valence-electron chi connectivity index (χ0n) is 14.3. The lowest BCUT2D eigenvalue weighted by Gasteiger charge is -2.37. The topological polar surface area (TPSA) is 46.5 Å². The molecule has 0 aromatic carbocycles. The van der Waals surface area contributed by atoms with Gasteiger partial charge in [-0.25, -0.2) is 0 Å². The maximum atomic E-state index is 12.2. The molecule has 1 aliphatic rings. The van der Waals surface area contributed by atoms with Crippen LogP contribution in [0, 0.1) is 29.1 Å². The number of carbonyl (C=O) groups excluding carboxylic acids is 1. The van der Waals surface area contributed by atoms with Gasteiger partial charge in [-0.1, -0.05) is 39.3 Å². The van der Waals surface area contributed by atoms with Crippen molar-refractivity contribution in [2.75, 3.05) is 13.2 Å². The number of aliphatic hydroxyl groups is 1. The quantitative estimate of drug-likeness (QED) is 0.574. The molecule has 0 aliphatic heterocycles. The van der Waals surface area contributed by atoms with E-state index < -0.39 is 5.41 Å². The number of allylic oxidation sites excluding steroid dienone is 2. The average molecular weight is 296 g/mol. The van der Waals surface area contributed by atoms with Gasteiger partial charge in [-0.2, -0.15) is 0 Å². The molecule has 1 aliphatic carbocycles. The Hall–Kier alpha value is -0.830. The van der Waals surface area contributed by atoms with Crippen molar-refractivity contribution in [1.29, 1.82) is 0 Å². The fourth-order valence-electron chi connectivity index (χ4n) is 3.01. The van der Waals surface area contributed by atoms with Crippen LogP contribution in [0.5, 0.6) is 0 Å². The average Bonchev–Trinajstić information content (AvgIpc) is 2.46. The third-order valence-corrected chi connectivity index (χ3v) is 5.11. The van der Waals surface area contributed by atoms with Crippen molar-refractivity contribution in [3.05, 3.63) is 12.2 Å². The smallest absolute Gasteiger partial charge is 0.311 e. The fourth-order valence-corrected chi connectivity index (χ4v) is 3.01. The Morgan fingerprint density at radius 1 is 1.24 bits per heavy atom. The van der Waals surface area contributed by atoms with Gasteiger partial charge in [0.1, 0.15) is 0 Å². The standard InChI is InChI=1S/C18H32O3/c1-6-8-14-10-9-13(3)15(11-19)16(14)12-21-17(20)18(4,5)7-2/h9-10,13-16,19H,6-8,11-12H2,1-5H3/t13-,14+,15-,16-/m0/s1. The van der Waals surface area contributed by atoms with Gasteiger partial charge in [0.2, 0.25) is 0 Å². The van der Waals surface area contributed by atoms with Gasteiger partial charge in [0.15, 0.2) is 0 Å². The SMILES string of the molecule is CCC[C@@H]1C=C[C@H](C)[C@H](CO)[C@H]1COC(=O)C(C)(C)CC. The second-order valence-electron chi connectivity index (χ2n) is 7.04. The summed E-state index contributed by atoms with van der Waals surface area (Å²) in [5.41, 5.74) is -0.426. The van der Waals surface area contributed by atoms with Crippen molar-refractivity contribution >= 4 is 5.97 Å². The van der Waals surface area contributed by atoms with E-state index in [0.717, 1.165) is 19.3 Å². The Balaban J connectivity index is 2.75. The normalized spacial score (nSPS) is 29.4. The summed E-state index contributed by atoms with van der Waals surface area (Å²) in [6.07, 6.45) is 7.42. The van der Waals surface area contributed by atoms with E-state index in [1.165, 1.54) is 0 Å². The molecule has 0 fully saturated rings. The number of hydrogen-bond donors (Lipinski definition) is 1. The summed E-state index contributed by atoms with van der Waals surface area (Å²) < 4.78 is 5.61. The van der Waals surface area contributed by atoms with E-state index in [-0.39, 0.29) is 24.4 Å². The van der Waals surface area contributed by atoms with E-state index in [9.17, 15) is 9.90 Å². The van der Waals surface area contributed by atoms with Gasteiger partial charge in [-0.15, -0.1) is 0 Å². The first-order valence-corrected chi connectivity index (χ1v) is 8.33. The van der Waals surface area contributed by atoms with Crippen LogP contribution in [-0.4, -0.2) is 24.3 Å². The summed E-state index contributed by atoms with van der Waals surface area (Å²) in [5, 5.41) is 9.71. The number of rotatable bonds is 7. The molecule has 3 heteroatoms. The zero-order chi connectivity index (χ0) is 16.0. The predicted octanol–water partition coefficient (Wildman–Crippen LogP) is 3.81. The van der Waals surface area contributed by atoms with Gasteiger partial charge >= 0.3 is 5.97 Å². The first-order valence-electron chi connectivity index (χ1n) is 8.33. The van der Waals surface area contributed by atoms with E-state index in [1.54, 1.807) is 0 Å². The summed E-state index contributed by atoms with van der Waals surface area (Å²) >= 11 is 0. The second-order valence-corrected chi connectivity index (χ2v) is 7.04. The minimum atomic E-state index is -0.426. The number of hydrogen-bond acceptors (Lipinski definition) is 3. The lowest BCUT2D eigenvalue weighted by atomic mass is 9.70. The molecule has 122 valence electrons. The highest BCUT2D eigenvalue weighted by Gasteiger charge is 2.36. The van der Waals surface area contributed by atoms with Crippen LogP contribution in [-0.2, 0) is 9.53 Å². The number of ether oxygens (including phenoxy) is 1. The number of carbonyl (C=O) groups is 1. The van der Waals surface area contributed by atoms with Crippen molar-refractivity contribution in [2.24, 2.45) is 29.1 Å². The van der Waals surface area contributed by atoms with E-state index in [1.807, 2.05) is 20.8 Å². The van der Waals surface area contributed by atoms with Crippen LogP contribution in [0.15, 0.2) is 12.2 Å². The van der Waals surface area contributed by atoms with E-state index in [0.29, 0.717) is 18.4 Å². The molecule has 4 atom stereocenters. The highest BCUT2D eigenvalue weighted by Crippen LogP contribution is 2.37. The Bertz CT molecular complexity index is 359. The van der Waals surface area contributed by atoms with Gasteiger partial charge in [0, 0.05) is 12.5 Å². The van der Waals surface area contributed by atoms with Crippen molar-refractivity contribution in [2.45, 2.75) is 53.9 Å². The molecule has 1 rings (SSSR count). The monoisotopic (exact) mass is 296 g/mol. The van der Waals surface area contributed by atoms with Crippen molar-refractivity contribution < 1.29 is 14.6 Å². The van der Waals surface area contributed by atoms with E-state index in [2.05, 4.69) is 26.0 Å². The second kappa shape index (κ2) is 7.98. The molecular weight excluding hydrogens is 264 g/mol.